The highest BCUT2D eigenvalue weighted by Gasteiger charge is 2.36. The van der Waals surface area contributed by atoms with Crippen molar-refractivity contribution in [1.82, 2.24) is 0 Å². The Kier molecular flexibility index (Phi) is 2.80. The molecular weight excluding hydrogens is 152 g/mol. The van der Waals surface area contributed by atoms with Crippen LogP contribution in [0.25, 0.3) is 0 Å². The summed E-state index contributed by atoms with van der Waals surface area (Å²) in [6.45, 7) is -0.408. The second-order valence-corrected chi connectivity index (χ2v) is 2.60. The number of hydrogen-bond donors (Lipinski definition) is 4. The second-order valence-electron chi connectivity index (χ2n) is 2.60. The molecule has 66 valence electrons. The van der Waals surface area contributed by atoms with Crippen molar-refractivity contribution in [3.8, 4) is 0 Å². The molecule has 4 N–H and O–H groups in total. The third-order valence-corrected chi connectivity index (χ3v) is 1.79. The van der Waals surface area contributed by atoms with E-state index in [1.165, 1.54) is 0 Å². The van der Waals surface area contributed by atoms with E-state index in [4.69, 9.17) is 25.2 Å². The lowest BCUT2D eigenvalue weighted by molar-refractivity contribution is -0.195. The molecule has 1 aliphatic rings. The van der Waals surface area contributed by atoms with Gasteiger partial charge in [-0.3, -0.25) is 0 Å². The van der Waals surface area contributed by atoms with Crippen LogP contribution in [0.15, 0.2) is 0 Å². The SMILES string of the molecule is OC[C@H]1OC[C@@H](O)C(O)[C@@H]1O. The summed E-state index contributed by atoms with van der Waals surface area (Å²) in [7, 11) is 0. The van der Waals surface area contributed by atoms with Crippen LogP contribution in [0.5, 0.6) is 0 Å². The van der Waals surface area contributed by atoms with Gasteiger partial charge in [0.05, 0.1) is 13.2 Å². The van der Waals surface area contributed by atoms with Crippen molar-refractivity contribution in [2.24, 2.45) is 0 Å². The van der Waals surface area contributed by atoms with Crippen molar-refractivity contribution in [3.63, 3.8) is 0 Å². The Balaban J connectivity index is 2.52. The second kappa shape index (κ2) is 3.46. The van der Waals surface area contributed by atoms with E-state index in [9.17, 15) is 0 Å². The van der Waals surface area contributed by atoms with E-state index >= 15 is 0 Å². The normalized spacial score (nSPS) is 45.8. The molecule has 5 nitrogen and oxygen atoms in total. The predicted octanol–water partition coefficient (Wildman–Crippen LogP) is -2.54. The van der Waals surface area contributed by atoms with Gasteiger partial charge in [-0.1, -0.05) is 0 Å². The van der Waals surface area contributed by atoms with E-state index in [0.29, 0.717) is 0 Å². The Labute approximate surface area is 63.8 Å². The molecule has 0 saturated carbocycles. The Hall–Kier alpha value is -0.200. The lowest BCUT2D eigenvalue weighted by Crippen LogP contribution is -2.53. The summed E-state index contributed by atoms with van der Waals surface area (Å²) < 4.78 is 4.81. The molecule has 1 saturated heterocycles. The molecule has 5 heteroatoms. The highest BCUT2D eigenvalue weighted by atomic mass is 16.5. The van der Waals surface area contributed by atoms with Gasteiger partial charge in [0.1, 0.15) is 24.4 Å². The van der Waals surface area contributed by atoms with Crippen molar-refractivity contribution < 1.29 is 25.2 Å². The first-order chi connectivity index (χ1) is 5.16. The zero-order chi connectivity index (χ0) is 8.43. The maximum absolute atomic E-state index is 9.11. The van der Waals surface area contributed by atoms with Crippen molar-refractivity contribution in [1.29, 1.82) is 0 Å². The molecule has 1 rings (SSSR count). The summed E-state index contributed by atoms with van der Waals surface area (Å²) in [5.41, 5.74) is 0. The van der Waals surface area contributed by atoms with Crippen molar-refractivity contribution in [2.45, 2.75) is 24.4 Å². The van der Waals surface area contributed by atoms with Crippen LogP contribution in [-0.2, 0) is 4.74 Å². The van der Waals surface area contributed by atoms with Crippen LogP contribution in [0.4, 0.5) is 0 Å². The molecule has 1 fully saturated rings. The summed E-state index contributed by atoms with van der Waals surface area (Å²) in [6, 6.07) is 0. The summed E-state index contributed by atoms with van der Waals surface area (Å²) in [5, 5.41) is 35.7. The van der Waals surface area contributed by atoms with Crippen LogP contribution in [0.2, 0.25) is 0 Å². The maximum Gasteiger partial charge on any atom is 0.111 e. The number of hydrogen-bond acceptors (Lipinski definition) is 5. The first-order valence-electron chi connectivity index (χ1n) is 3.43. The van der Waals surface area contributed by atoms with E-state index in [0.717, 1.165) is 0 Å². The molecular formula is C6H12O5. The smallest absolute Gasteiger partial charge is 0.111 e. The lowest BCUT2D eigenvalue weighted by Gasteiger charge is -2.34. The number of ether oxygens (including phenoxy) is 1. The van der Waals surface area contributed by atoms with Crippen LogP contribution in [0.3, 0.4) is 0 Å². The molecule has 0 aromatic rings. The standard InChI is InChI=1S/C6H12O5/c7-1-4-6(10)5(9)3(8)2-11-4/h3-10H,1-2H2/t3-,4-,5?,6-/m1/s1. The van der Waals surface area contributed by atoms with Crippen molar-refractivity contribution >= 4 is 0 Å². The largest absolute Gasteiger partial charge is 0.394 e. The number of aliphatic hydroxyl groups is 4. The molecule has 1 unspecified atom stereocenters. The minimum Gasteiger partial charge on any atom is -0.394 e. The molecule has 0 amide bonds. The molecule has 0 bridgehead atoms. The van der Waals surface area contributed by atoms with Gasteiger partial charge in [-0.2, -0.15) is 0 Å². The summed E-state index contributed by atoms with van der Waals surface area (Å²) >= 11 is 0. The molecule has 0 aromatic heterocycles. The monoisotopic (exact) mass is 164 g/mol. The Bertz CT molecular complexity index is 126. The van der Waals surface area contributed by atoms with E-state index < -0.39 is 24.4 Å². The zero-order valence-electron chi connectivity index (χ0n) is 5.92. The molecule has 1 heterocycles. The zero-order valence-corrected chi connectivity index (χ0v) is 5.92. The van der Waals surface area contributed by atoms with E-state index in [-0.39, 0.29) is 13.2 Å². The average Bonchev–Trinajstić information content (AvgIpc) is 2.01. The van der Waals surface area contributed by atoms with Gasteiger partial charge in [0, 0.05) is 0 Å². The van der Waals surface area contributed by atoms with Gasteiger partial charge in [-0.05, 0) is 0 Å². The molecule has 4 atom stereocenters. The van der Waals surface area contributed by atoms with Crippen LogP contribution < -0.4 is 0 Å². The van der Waals surface area contributed by atoms with Crippen LogP contribution in [0, 0.1) is 0 Å². The minimum absolute atomic E-state index is 0.0521. The highest BCUT2D eigenvalue weighted by molar-refractivity contribution is 4.85. The third kappa shape index (κ3) is 1.69. The summed E-state index contributed by atoms with van der Waals surface area (Å²) in [6.07, 6.45) is -4.27. The molecule has 11 heavy (non-hydrogen) atoms. The van der Waals surface area contributed by atoms with Gasteiger partial charge < -0.3 is 25.2 Å². The van der Waals surface area contributed by atoms with Gasteiger partial charge in [0.25, 0.3) is 0 Å². The van der Waals surface area contributed by atoms with Gasteiger partial charge >= 0.3 is 0 Å². The Morgan fingerprint density at radius 2 is 1.82 bits per heavy atom. The summed E-state index contributed by atoms with van der Waals surface area (Å²) in [4.78, 5) is 0. The van der Waals surface area contributed by atoms with Gasteiger partial charge in [0.2, 0.25) is 0 Å². The Morgan fingerprint density at radius 3 is 2.36 bits per heavy atom. The molecule has 0 radical (unpaired) electrons. The third-order valence-electron chi connectivity index (χ3n) is 1.79. The first kappa shape index (κ1) is 8.89. The fourth-order valence-corrected chi connectivity index (χ4v) is 1.03. The number of rotatable bonds is 1. The van der Waals surface area contributed by atoms with Crippen molar-refractivity contribution in [3.05, 3.63) is 0 Å². The fourth-order valence-electron chi connectivity index (χ4n) is 1.03. The highest BCUT2D eigenvalue weighted by Crippen LogP contribution is 2.14. The summed E-state index contributed by atoms with van der Waals surface area (Å²) in [5.74, 6) is 0. The minimum atomic E-state index is -1.22. The van der Waals surface area contributed by atoms with Crippen LogP contribution >= 0.6 is 0 Å². The first-order valence-corrected chi connectivity index (χ1v) is 3.43. The van der Waals surface area contributed by atoms with Gasteiger partial charge in [-0.15, -0.1) is 0 Å². The van der Waals surface area contributed by atoms with E-state index in [1.54, 1.807) is 0 Å². The Morgan fingerprint density at radius 1 is 1.18 bits per heavy atom. The average molecular weight is 164 g/mol. The van der Waals surface area contributed by atoms with Gasteiger partial charge in [-0.25, -0.2) is 0 Å². The predicted molar refractivity (Wildman–Crippen MR) is 34.8 cm³/mol. The van der Waals surface area contributed by atoms with Crippen LogP contribution in [0.1, 0.15) is 0 Å². The molecule has 1 aliphatic heterocycles. The molecule has 0 aromatic carbocycles. The fraction of sp³-hybridized carbons (Fsp3) is 1.00. The topological polar surface area (TPSA) is 90.2 Å². The molecule has 0 spiro atoms. The van der Waals surface area contributed by atoms with E-state index in [2.05, 4.69) is 0 Å². The maximum atomic E-state index is 9.11. The quantitative estimate of drug-likeness (QED) is 0.343. The van der Waals surface area contributed by atoms with Gasteiger partial charge in [0.15, 0.2) is 0 Å². The molecule has 0 aliphatic carbocycles. The number of aliphatic hydroxyl groups excluding tert-OH is 4. The van der Waals surface area contributed by atoms with Crippen LogP contribution in [-0.4, -0.2) is 58.1 Å². The van der Waals surface area contributed by atoms with E-state index in [1.807, 2.05) is 0 Å². The van der Waals surface area contributed by atoms with Crippen molar-refractivity contribution in [2.75, 3.05) is 13.2 Å². The lowest BCUT2D eigenvalue weighted by atomic mass is 10.0.